The summed E-state index contributed by atoms with van der Waals surface area (Å²) in [5, 5.41) is 0. The molecule has 3 nitrogen and oxygen atoms in total. The summed E-state index contributed by atoms with van der Waals surface area (Å²) in [6.07, 6.45) is 15.7. The molecule has 5 unspecified atom stereocenters. The van der Waals surface area contributed by atoms with Gasteiger partial charge in [0.15, 0.2) is 5.78 Å². The summed E-state index contributed by atoms with van der Waals surface area (Å²) in [5.74, 6) is 3.28. The third-order valence-electron chi connectivity index (χ3n) is 6.77. The van der Waals surface area contributed by atoms with Gasteiger partial charge in [-0.1, -0.05) is 37.6 Å². The van der Waals surface area contributed by atoms with E-state index in [0.29, 0.717) is 36.1 Å². The number of ether oxygens (including phenoxy) is 1. The highest BCUT2D eigenvalue weighted by Gasteiger charge is 2.46. The van der Waals surface area contributed by atoms with Gasteiger partial charge >= 0.3 is 0 Å². The summed E-state index contributed by atoms with van der Waals surface area (Å²) in [6, 6.07) is 8.06. The van der Waals surface area contributed by atoms with E-state index in [-0.39, 0.29) is 11.9 Å². The highest BCUT2D eigenvalue weighted by Crippen LogP contribution is 2.48. The van der Waals surface area contributed by atoms with Crippen molar-refractivity contribution in [3.8, 4) is 5.75 Å². The van der Waals surface area contributed by atoms with Gasteiger partial charge in [-0.2, -0.15) is 0 Å². The third-order valence-corrected chi connectivity index (χ3v) is 6.77. The highest BCUT2D eigenvalue weighted by atomic mass is 16.5. The minimum atomic E-state index is 0.178. The predicted octanol–water partition coefficient (Wildman–Crippen LogP) is 4.92. The van der Waals surface area contributed by atoms with Crippen molar-refractivity contribution in [2.45, 2.75) is 57.6 Å². The van der Waals surface area contributed by atoms with Crippen LogP contribution >= 0.6 is 0 Å². The zero-order valence-corrected chi connectivity index (χ0v) is 16.2. The lowest BCUT2D eigenvalue weighted by atomic mass is 9.76. The molecule has 144 valence electrons. The third kappa shape index (κ3) is 3.89. The number of hydrogen-bond acceptors (Lipinski definition) is 3. The first-order chi connectivity index (χ1) is 13.2. The van der Waals surface area contributed by atoms with Crippen molar-refractivity contribution in [2.75, 3.05) is 0 Å². The fourth-order valence-electron chi connectivity index (χ4n) is 5.36. The molecule has 0 radical (unpaired) electrons. The van der Waals surface area contributed by atoms with E-state index < -0.39 is 0 Å². The minimum Gasteiger partial charge on any atom is -0.490 e. The molecule has 4 rings (SSSR count). The molecule has 3 aliphatic carbocycles. The summed E-state index contributed by atoms with van der Waals surface area (Å²) < 4.78 is 6.58. The van der Waals surface area contributed by atoms with Crippen molar-refractivity contribution < 1.29 is 9.53 Å². The Bertz CT molecular complexity index is 720. The number of benzene rings is 1. The summed E-state index contributed by atoms with van der Waals surface area (Å²) in [7, 11) is 0. The van der Waals surface area contributed by atoms with Crippen molar-refractivity contribution in [3.05, 3.63) is 54.1 Å². The second-order valence-electron chi connectivity index (χ2n) is 8.48. The molecule has 0 bridgehead atoms. The van der Waals surface area contributed by atoms with Crippen LogP contribution in [0, 0.1) is 23.7 Å². The number of carbonyl (C=O) groups is 1. The lowest BCUT2D eigenvalue weighted by molar-refractivity contribution is 0.0816. The van der Waals surface area contributed by atoms with Gasteiger partial charge in [-0.25, -0.2) is 0 Å². The number of Topliss-reactive ketones (excluding diaryl/α,β-unsaturated/α-hetero) is 1. The van der Waals surface area contributed by atoms with Crippen molar-refractivity contribution in [1.29, 1.82) is 0 Å². The van der Waals surface area contributed by atoms with E-state index in [1.54, 1.807) is 0 Å². The van der Waals surface area contributed by atoms with Gasteiger partial charge in [0, 0.05) is 23.9 Å². The highest BCUT2D eigenvalue weighted by molar-refractivity contribution is 5.95. The van der Waals surface area contributed by atoms with E-state index in [1.165, 1.54) is 19.3 Å². The van der Waals surface area contributed by atoms with E-state index in [4.69, 9.17) is 10.5 Å². The lowest BCUT2D eigenvalue weighted by Gasteiger charge is -2.35. The molecule has 0 saturated heterocycles. The number of allylic oxidation sites excluding steroid dienone is 3. The number of carbonyl (C=O) groups excluding carboxylic acids is 1. The van der Waals surface area contributed by atoms with E-state index in [9.17, 15) is 4.79 Å². The lowest BCUT2D eigenvalue weighted by Crippen LogP contribution is -2.37. The van der Waals surface area contributed by atoms with Gasteiger partial charge < -0.3 is 10.5 Å². The normalized spacial score (nSPS) is 35.0. The van der Waals surface area contributed by atoms with Gasteiger partial charge in [-0.15, -0.1) is 0 Å². The number of hydrogen-bond donors (Lipinski definition) is 1. The van der Waals surface area contributed by atoms with E-state index in [1.807, 2.05) is 31.2 Å². The molecule has 1 aromatic carbocycles. The van der Waals surface area contributed by atoms with Gasteiger partial charge in [-0.05, 0) is 67.7 Å². The van der Waals surface area contributed by atoms with Gasteiger partial charge in [-0.3, -0.25) is 4.79 Å². The van der Waals surface area contributed by atoms with Crippen molar-refractivity contribution in [2.24, 2.45) is 29.4 Å². The molecule has 2 fully saturated rings. The fraction of sp³-hybridized carbons (Fsp3) is 0.542. The zero-order chi connectivity index (χ0) is 18.8. The maximum absolute atomic E-state index is 11.9. The first-order valence-electron chi connectivity index (χ1n) is 10.6. The molecule has 0 spiro atoms. The van der Waals surface area contributed by atoms with Gasteiger partial charge in [0.25, 0.3) is 0 Å². The molecule has 0 aliphatic heterocycles. The number of ketones is 1. The quantitative estimate of drug-likeness (QED) is 0.753. The summed E-state index contributed by atoms with van der Waals surface area (Å²) in [4.78, 5) is 11.9. The van der Waals surface area contributed by atoms with E-state index >= 15 is 0 Å². The molecule has 0 heterocycles. The average molecular weight is 366 g/mol. The topological polar surface area (TPSA) is 52.3 Å². The van der Waals surface area contributed by atoms with Gasteiger partial charge in [0.1, 0.15) is 11.9 Å². The van der Waals surface area contributed by atoms with Crippen LogP contribution in [-0.4, -0.2) is 17.9 Å². The standard InChI is InChI=1S/C24H31NO2/c1-2-23(26)16-10-12-20(13-11-16)27-24-21-9-4-3-6-18(21)15-22(24)17-7-5-8-19(25)14-17/h3-4,6,9-13,17-19,21-22,24H,2,5,7-8,14-15,25H2,1H3/t17?,18?,19?,21?,22-,24?/m0/s1. The Labute approximate surface area is 162 Å². The molecule has 3 aliphatic rings. The fourth-order valence-corrected chi connectivity index (χ4v) is 5.36. The number of nitrogens with two attached hydrogens (primary N) is 1. The molecule has 6 atom stereocenters. The van der Waals surface area contributed by atoms with Gasteiger partial charge in [0.05, 0.1) is 0 Å². The Morgan fingerprint density at radius 2 is 1.89 bits per heavy atom. The Hall–Kier alpha value is -1.87. The molecule has 0 aromatic heterocycles. The Morgan fingerprint density at radius 3 is 2.63 bits per heavy atom. The Morgan fingerprint density at radius 1 is 1.11 bits per heavy atom. The average Bonchev–Trinajstić information content (AvgIpc) is 3.06. The van der Waals surface area contributed by atoms with Crippen LogP contribution in [0.1, 0.15) is 55.8 Å². The number of fused-ring (bicyclic) bond motifs is 1. The van der Waals surface area contributed by atoms with Crippen molar-refractivity contribution in [1.82, 2.24) is 0 Å². The van der Waals surface area contributed by atoms with E-state index in [0.717, 1.165) is 24.2 Å². The van der Waals surface area contributed by atoms with E-state index in [2.05, 4.69) is 24.3 Å². The van der Waals surface area contributed by atoms with Crippen LogP contribution in [0.3, 0.4) is 0 Å². The molecular weight excluding hydrogens is 334 g/mol. The molecule has 2 N–H and O–H groups in total. The zero-order valence-electron chi connectivity index (χ0n) is 16.2. The summed E-state index contributed by atoms with van der Waals surface area (Å²) in [5.41, 5.74) is 7.06. The molecule has 2 saturated carbocycles. The second-order valence-corrected chi connectivity index (χ2v) is 8.48. The summed E-state index contributed by atoms with van der Waals surface area (Å²) in [6.45, 7) is 1.90. The van der Waals surface area contributed by atoms with Crippen LogP contribution in [0.25, 0.3) is 0 Å². The molecule has 0 amide bonds. The van der Waals surface area contributed by atoms with Crippen molar-refractivity contribution >= 4 is 5.78 Å². The van der Waals surface area contributed by atoms with Crippen LogP contribution in [-0.2, 0) is 0 Å². The summed E-state index contributed by atoms with van der Waals surface area (Å²) >= 11 is 0. The SMILES string of the molecule is CCC(=O)c1ccc(OC2C3C=CC=CC3C[C@H]2C2CCCC(N)C2)cc1. The van der Waals surface area contributed by atoms with Crippen LogP contribution in [0.2, 0.25) is 0 Å². The van der Waals surface area contributed by atoms with Crippen LogP contribution in [0.4, 0.5) is 0 Å². The predicted molar refractivity (Wildman–Crippen MR) is 109 cm³/mol. The number of rotatable bonds is 5. The van der Waals surface area contributed by atoms with Crippen LogP contribution < -0.4 is 10.5 Å². The van der Waals surface area contributed by atoms with Gasteiger partial charge in [0.2, 0.25) is 0 Å². The Kier molecular flexibility index (Phi) is 5.49. The molecule has 3 heteroatoms. The van der Waals surface area contributed by atoms with Crippen LogP contribution in [0.5, 0.6) is 5.75 Å². The second kappa shape index (κ2) is 8.02. The van der Waals surface area contributed by atoms with Crippen molar-refractivity contribution in [3.63, 3.8) is 0 Å². The molecule has 27 heavy (non-hydrogen) atoms. The first-order valence-corrected chi connectivity index (χ1v) is 10.6. The Balaban J connectivity index is 1.54. The smallest absolute Gasteiger partial charge is 0.162 e. The first kappa shape index (κ1) is 18.5. The molecular formula is C24H31NO2. The van der Waals surface area contributed by atoms with Crippen LogP contribution in [0.15, 0.2) is 48.6 Å². The largest absolute Gasteiger partial charge is 0.490 e. The molecule has 1 aromatic rings. The monoisotopic (exact) mass is 365 g/mol. The maximum Gasteiger partial charge on any atom is 0.162 e. The minimum absolute atomic E-state index is 0.178. The maximum atomic E-state index is 11.9.